The number of aromatic nitrogens is 2. The lowest BCUT2D eigenvalue weighted by Gasteiger charge is -2.09. The Morgan fingerprint density at radius 2 is 1.94 bits per heavy atom. The Morgan fingerprint density at radius 1 is 1.22 bits per heavy atom. The number of hydrogen-bond acceptors (Lipinski definition) is 5. The summed E-state index contributed by atoms with van der Waals surface area (Å²) in [6.45, 7) is 1.79. The van der Waals surface area contributed by atoms with Crippen molar-refractivity contribution in [1.82, 2.24) is 9.97 Å². The van der Waals surface area contributed by atoms with Gasteiger partial charge in [-0.15, -0.1) is 0 Å². The van der Waals surface area contributed by atoms with E-state index in [-0.39, 0.29) is 0 Å². The first-order valence-electron chi connectivity index (χ1n) is 5.13. The topological polar surface area (TPSA) is 75.9 Å². The summed E-state index contributed by atoms with van der Waals surface area (Å²) in [4.78, 5) is 8.37. The molecular formula is C11H11ClIN5. The van der Waals surface area contributed by atoms with Crippen LogP contribution in [0, 0.1) is 10.5 Å². The quantitative estimate of drug-likeness (QED) is 0.437. The standard InChI is InChI=1S/C11H11ClIN5/c1-6-15-10(5-11(16-6)18-14)17-9-3-2-7(13)4-8(9)12/h2-5H,14H2,1H3,(H2,15,16,17,18). The van der Waals surface area contributed by atoms with Gasteiger partial charge < -0.3 is 10.7 Å². The Hall–Kier alpha value is -1.12. The molecular weight excluding hydrogens is 365 g/mol. The van der Waals surface area contributed by atoms with E-state index in [1.54, 1.807) is 13.0 Å². The number of aryl methyl sites for hydroxylation is 1. The highest BCUT2D eigenvalue weighted by Crippen LogP contribution is 2.26. The van der Waals surface area contributed by atoms with Crippen LogP contribution < -0.4 is 16.6 Å². The molecule has 0 aliphatic heterocycles. The molecule has 0 amide bonds. The van der Waals surface area contributed by atoms with E-state index in [2.05, 4.69) is 43.3 Å². The monoisotopic (exact) mass is 375 g/mol. The van der Waals surface area contributed by atoms with Gasteiger partial charge in [-0.25, -0.2) is 15.8 Å². The minimum atomic E-state index is 0.548. The fourth-order valence-electron chi connectivity index (χ4n) is 1.43. The molecule has 0 aliphatic rings. The van der Waals surface area contributed by atoms with E-state index in [9.17, 15) is 0 Å². The smallest absolute Gasteiger partial charge is 0.145 e. The number of hydrogen-bond donors (Lipinski definition) is 3. The van der Waals surface area contributed by atoms with Crippen molar-refractivity contribution in [1.29, 1.82) is 0 Å². The van der Waals surface area contributed by atoms with Gasteiger partial charge >= 0.3 is 0 Å². The first-order valence-corrected chi connectivity index (χ1v) is 6.58. The van der Waals surface area contributed by atoms with E-state index in [0.29, 0.717) is 22.5 Å². The molecule has 0 aliphatic carbocycles. The average molecular weight is 376 g/mol. The van der Waals surface area contributed by atoms with Crippen molar-refractivity contribution in [2.24, 2.45) is 5.84 Å². The number of nitrogens with zero attached hydrogens (tertiary/aromatic N) is 2. The summed E-state index contributed by atoms with van der Waals surface area (Å²) in [6, 6.07) is 7.45. The Labute approximate surface area is 123 Å². The summed E-state index contributed by atoms with van der Waals surface area (Å²) < 4.78 is 1.08. The first kappa shape index (κ1) is 13.3. The molecule has 2 rings (SSSR count). The molecule has 18 heavy (non-hydrogen) atoms. The molecule has 2 aromatic rings. The molecule has 0 unspecified atom stereocenters. The van der Waals surface area contributed by atoms with Gasteiger partial charge in [-0.2, -0.15) is 0 Å². The van der Waals surface area contributed by atoms with Crippen molar-refractivity contribution >= 4 is 51.5 Å². The number of hydrazine groups is 1. The van der Waals surface area contributed by atoms with Crippen LogP contribution >= 0.6 is 34.2 Å². The lowest BCUT2D eigenvalue weighted by Crippen LogP contribution is -2.10. The highest BCUT2D eigenvalue weighted by atomic mass is 127. The SMILES string of the molecule is Cc1nc(NN)cc(Nc2ccc(I)cc2Cl)n1. The summed E-state index contributed by atoms with van der Waals surface area (Å²) in [5.74, 6) is 7.14. The molecule has 0 radical (unpaired) electrons. The maximum absolute atomic E-state index is 6.14. The average Bonchev–Trinajstić information content (AvgIpc) is 2.32. The Kier molecular flexibility index (Phi) is 4.20. The fourth-order valence-corrected chi connectivity index (χ4v) is 2.34. The van der Waals surface area contributed by atoms with E-state index < -0.39 is 0 Å². The van der Waals surface area contributed by atoms with Gasteiger partial charge in [0.15, 0.2) is 0 Å². The van der Waals surface area contributed by atoms with Crippen LogP contribution in [0.5, 0.6) is 0 Å². The maximum atomic E-state index is 6.14. The summed E-state index contributed by atoms with van der Waals surface area (Å²) in [6.07, 6.45) is 0. The second-order valence-electron chi connectivity index (χ2n) is 3.58. The second kappa shape index (κ2) is 5.68. The Balaban J connectivity index is 2.30. The number of nitrogen functional groups attached to an aromatic ring is 1. The molecule has 4 N–H and O–H groups in total. The van der Waals surface area contributed by atoms with E-state index >= 15 is 0 Å². The van der Waals surface area contributed by atoms with Crippen molar-refractivity contribution in [3.05, 3.63) is 38.7 Å². The van der Waals surface area contributed by atoms with Crippen LogP contribution in [-0.2, 0) is 0 Å². The largest absolute Gasteiger partial charge is 0.339 e. The van der Waals surface area contributed by atoms with E-state index in [4.69, 9.17) is 17.4 Å². The number of nitrogens with one attached hydrogen (secondary N) is 2. The van der Waals surface area contributed by atoms with E-state index in [1.807, 2.05) is 18.2 Å². The molecule has 0 fully saturated rings. The van der Waals surface area contributed by atoms with Crippen LogP contribution in [-0.4, -0.2) is 9.97 Å². The Morgan fingerprint density at radius 3 is 2.61 bits per heavy atom. The zero-order chi connectivity index (χ0) is 13.1. The van der Waals surface area contributed by atoms with Gasteiger partial charge in [-0.3, -0.25) is 0 Å². The van der Waals surface area contributed by atoms with Crippen molar-refractivity contribution in [3.8, 4) is 0 Å². The van der Waals surface area contributed by atoms with Crippen LogP contribution in [0.3, 0.4) is 0 Å². The molecule has 94 valence electrons. The normalized spacial score (nSPS) is 10.2. The predicted molar refractivity (Wildman–Crippen MR) is 82.0 cm³/mol. The lowest BCUT2D eigenvalue weighted by atomic mass is 10.3. The molecule has 0 saturated heterocycles. The Bertz CT molecular complexity index is 575. The molecule has 5 nitrogen and oxygen atoms in total. The minimum absolute atomic E-state index is 0.548. The van der Waals surface area contributed by atoms with Gasteiger partial charge in [-0.1, -0.05) is 11.6 Å². The number of halogens is 2. The highest BCUT2D eigenvalue weighted by molar-refractivity contribution is 14.1. The van der Waals surface area contributed by atoms with Crippen molar-refractivity contribution < 1.29 is 0 Å². The molecule has 1 aromatic heterocycles. The summed E-state index contributed by atoms with van der Waals surface area (Å²) in [5.41, 5.74) is 3.28. The molecule has 0 saturated carbocycles. The van der Waals surface area contributed by atoms with Crippen LogP contribution in [0.1, 0.15) is 5.82 Å². The number of nitrogens with two attached hydrogens (primary N) is 1. The van der Waals surface area contributed by atoms with Crippen LogP contribution in [0.2, 0.25) is 5.02 Å². The number of rotatable bonds is 3. The molecule has 1 aromatic carbocycles. The second-order valence-corrected chi connectivity index (χ2v) is 5.23. The molecule has 0 bridgehead atoms. The third kappa shape index (κ3) is 3.21. The van der Waals surface area contributed by atoms with Crippen LogP contribution in [0.4, 0.5) is 17.3 Å². The van der Waals surface area contributed by atoms with Gasteiger partial charge in [0.05, 0.1) is 10.7 Å². The van der Waals surface area contributed by atoms with E-state index in [0.717, 1.165) is 9.26 Å². The van der Waals surface area contributed by atoms with Gasteiger partial charge in [0.2, 0.25) is 0 Å². The summed E-state index contributed by atoms with van der Waals surface area (Å²) in [7, 11) is 0. The summed E-state index contributed by atoms with van der Waals surface area (Å²) >= 11 is 8.35. The third-order valence-corrected chi connectivity index (χ3v) is 3.16. The van der Waals surface area contributed by atoms with Crippen molar-refractivity contribution in [2.75, 3.05) is 10.7 Å². The lowest BCUT2D eigenvalue weighted by molar-refractivity contribution is 1.05. The van der Waals surface area contributed by atoms with Crippen molar-refractivity contribution in [3.63, 3.8) is 0 Å². The summed E-state index contributed by atoms with van der Waals surface area (Å²) in [5, 5.41) is 3.77. The van der Waals surface area contributed by atoms with Gasteiger partial charge in [0.25, 0.3) is 0 Å². The van der Waals surface area contributed by atoms with Crippen LogP contribution in [0.15, 0.2) is 24.3 Å². The van der Waals surface area contributed by atoms with E-state index in [1.165, 1.54) is 0 Å². The molecule has 0 atom stereocenters. The molecule has 1 heterocycles. The van der Waals surface area contributed by atoms with Gasteiger partial charge in [-0.05, 0) is 47.7 Å². The van der Waals surface area contributed by atoms with Crippen molar-refractivity contribution in [2.45, 2.75) is 6.92 Å². The molecule has 0 spiro atoms. The predicted octanol–water partition coefficient (Wildman–Crippen LogP) is 3.07. The zero-order valence-electron chi connectivity index (χ0n) is 9.54. The fraction of sp³-hybridized carbons (Fsp3) is 0.0909. The molecule has 7 heteroatoms. The zero-order valence-corrected chi connectivity index (χ0v) is 12.5. The number of anilines is 3. The first-order chi connectivity index (χ1) is 8.58. The van der Waals surface area contributed by atoms with Gasteiger partial charge in [0, 0.05) is 9.64 Å². The maximum Gasteiger partial charge on any atom is 0.145 e. The number of benzene rings is 1. The highest BCUT2D eigenvalue weighted by Gasteiger charge is 2.04. The minimum Gasteiger partial charge on any atom is -0.339 e. The van der Waals surface area contributed by atoms with Gasteiger partial charge in [0.1, 0.15) is 17.5 Å². The third-order valence-electron chi connectivity index (χ3n) is 2.18. The van der Waals surface area contributed by atoms with Crippen LogP contribution in [0.25, 0.3) is 0 Å².